The standard InChI is InChI=1S/C21H24ClN3O3/c1-24-10-12-25(13-11-24)14-20(26)16-2-6-18(7-3-16)23-21(27)15-28-19-8-4-17(22)5-9-19/h2-9H,10-15H2,1H3,(H,23,27). The number of anilines is 1. The molecule has 2 aromatic carbocycles. The molecule has 0 bridgehead atoms. The number of piperazine rings is 1. The van der Waals surface area contributed by atoms with E-state index in [1.807, 2.05) is 0 Å². The molecule has 0 radical (unpaired) electrons. The minimum Gasteiger partial charge on any atom is -0.484 e. The van der Waals surface area contributed by atoms with Crippen LogP contribution in [0.25, 0.3) is 0 Å². The summed E-state index contributed by atoms with van der Waals surface area (Å²) in [5.41, 5.74) is 1.27. The second-order valence-corrected chi connectivity index (χ2v) is 7.31. The number of rotatable bonds is 7. The van der Waals surface area contributed by atoms with Gasteiger partial charge in [-0.3, -0.25) is 14.5 Å². The summed E-state index contributed by atoms with van der Waals surface area (Å²) >= 11 is 5.81. The molecule has 2 aromatic rings. The van der Waals surface area contributed by atoms with Crippen LogP contribution in [0.4, 0.5) is 5.69 Å². The fourth-order valence-electron chi connectivity index (χ4n) is 2.92. The number of benzene rings is 2. The molecule has 0 spiro atoms. The summed E-state index contributed by atoms with van der Waals surface area (Å²) in [6, 6.07) is 13.8. The van der Waals surface area contributed by atoms with E-state index in [4.69, 9.17) is 16.3 Å². The summed E-state index contributed by atoms with van der Waals surface area (Å²) in [5.74, 6) is 0.393. The molecule has 1 saturated heterocycles. The smallest absolute Gasteiger partial charge is 0.262 e. The molecule has 1 fully saturated rings. The Morgan fingerprint density at radius 3 is 2.29 bits per heavy atom. The zero-order valence-electron chi connectivity index (χ0n) is 15.9. The molecule has 0 aliphatic carbocycles. The van der Waals surface area contributed by atoms with Crippen LogP contribution in [0.15, 0.2) is 48.5 Å². The van der Waals surface area contributed by atoms with Crippen LogP contribution in [-0.2, 0) is 4.79 Å². The normalized spacial score (nSPS) is 15.2. The number of Topliss-reactive ketones (excluding diaryl/α,β-unsaturated/α-hetero) is 1. The van der Waals surface area contributed by atoms with Gasteiger partial charge in [0, 0.05) is 42.5 Å². The number of hydrogen-bond donors (Lipinski definition) is 1. The maximum atomic E-state index is 12.4. The monoisotopic (exact) mass is 401 g/mol. The number of hydrogen-bond acceptors (Lipinski definition) is 5. The van der Waals surface area contributed by atoms with Gasteiger partial charge in [0.05, 0.1) is 6.54 Å². The Morgan fingerprint density at radius 1 is 1.00 bits per heavy atom. The predicted molar refractivity (Wildman–Crippen MR) is 110 cm³/mol. The van der Waals surface area contributed by atoms with E-state index in [1.165, 1.54) is 0 Å². The Hall–Kier alpha value is -2.41. The van der Waals surface area contributed by atoms with E-state index in [-0.39, 0.29) is 18.3 Å². The Labute approximate surface area is 170 Å². The third-order valence-corrected chi connectivity index (χ3v) is 4.89. The van der Waals surface area contributed by atoms with Crippen LogP contribution in [0.3, 0.4) is 0 Å². The molecule has 0 atom stereocenters. The first kappa shape index (κ1) is 20.3. The Morgan fingerprint density at radius 2 is 1.64 bits per heavy atom. The maximum Gasteiger partial charge on any atom is 0.262 e. The van der Waals surface area contributed by atoms with Crippen molar-refractivity contribution in [2.24, 2.45) is 0 Å². The van der Waals surface area contributed by atoms with Crippen molar-refractivity contribution in [3.63, 3.8) is 0 Å². The van der Waals surface area contributed by atoms with E-state index < -0.39 is 0 Å². The highest BCUT2D eigenvalue weighted by Crippen LogP contribution is 2.16. The number of amides is 1. The molecular formula is C21H24ClN3O3. The van der Waals surface area contributed by atoms with Crippen LogP contribution in [0.2, 0.25) is 5.02 Å². The zero-order chi connectivity index (χ0) is 19.9. The lowest BCUT2D eigenvalue weighted by molar-refractivity contribution is -0.118. The van der Waals surface area contributed by atoms with Crippen LogP contribution < -0.4 is 10.1 Å². The van der Waals surface area contributed by atoms with Gasteiger partial charge in [-0.1, -0.05) is 11.6 Å². The number of carbonyl (C=O) groups excluding carboxylic acids is 2. The van der Waals surface area contributed by atoms with Gasteiger partial charge in [-0.2, -0.15) is 0 Å². The summed E-state index contributed by atoms with van der Waals surface area (Å²) in [6.45, 7) is 4.10. The molecule has 0 saturated carbocycles. The lowest BCUT2D eigenvalue weighted by atomic mass is 10.1. The van der Waals surface area contributed by atoms with Gasteiger partial charge in [-0.25, -0.2) is 0 Å². The van der Waals surface area contributed by atoms with Gasteiger partial charge in [0.2, 0.25) is 0 Å². The zero-order valence-corrected chi connectivity index (χ0v) is 16.6. The quantitative estimate of drug-likeness (QED) is 0.723. The first-order chi connectivity index (χ1) is 13.5. The summed E-state index contributed by atoms with van der Waals surface area (Å²) in [7, 11) is 2.09. The van der Waals surface area contributed by atoms with Crippen molar-refractivity contribution in [3.05, 3.63) is 59.1 Å². The summed E-state index contributed by atoms with van der Waals surface area (Å²) in [4.78, 5) is 28.9. The first-order valence-corrected chi connectivity index (χ1v) is 9.60. The number of carbonyl (C=O) groups is 2. The SMILES string of the molecule is CN1CCN(CC(=O)c2ccc(NC(=O)COc3ccc(Cl)cc3)cc2)CC1. The van der Waals surface area contributed by atoms with E-state index >= 15 is 0 Å². The fraction of sp³-hybridized carbons (Fsp3) is 0.333. The Kier molecular flexibility index (Phi) is 7.03. The number of nitrogens with one attached hydrogen (secondary N) is 1. The van der Waals surface area contributed by atoms with E-state index in [0.717, 1.165) is 26.2 Å². The molecule has 1 aliphatic heterocycles. The molecular weight excluding hydrogens is 378 g/mol. The predicted octanol–water partition coefficient (Wildman–Crippen LogP) is 2.79. The molecule has 0 unspecified atom stereocenters. The number of ether oxygens (including phenoxy) is 1. The van der Waals surface area contributed by atoms with Crippen LogP contribution in [0, 0.1) is 0 Å². The first-order valence-electron chi connectivity index (χ1n) is 9.22. The molecule has 6 nitrogen and oxygen atoms in total. The average Bonchev–Trinajstić information content (AvgIpc) is 2.70. The van der Waals surface area contributed by atoms with E-state index in [1.54, 1.807) is 48.5 Å². The minimum absolute atomic E-state index is 0.0912. The van der Waals surface area contributed by atoms with Gasteiger partial charge in [-0.15, -0.1) is 0 Å². The highest BCUT2D eigenvalue weighted by molar-refractivity contribution is 6.30. The van der Waals surface area contributed by atoms with Crippen molar-refractivity contribution in [1.29, 1.82) is 0 Å². The van der Waals surface area contributed by atoms with Crippen molar-refractivity contribution in [1.82, 2.24) is 9.80 Å². The maximum absolute atomic E-state index is 12.4. The van der Waals surface area contributed by atoms with Crippen LogP contribution >= 0.6 is 11.6 Å². The van der Waals surface area contributed by atoms with Crippen molar-refractivity contribution in [3.8, 4) is 5.75 Å². The second kappa shape index (κ2) is 9.68. The molecule has 1 aliphatic rings. The largest absolute Gasteiger partial charge is 0.484 e. The average molecular weight is 402 g/mol. The highest BCUT2D eigenvalue weighted by atomic mass is 35.5. The molecule has 1 heterocycles. The molecule has 7 heteroatoms. The number of likely N-dealkylation sites (N-methyl/N-ethyl adjacent to an activating group) is 1. The van der Waals surface area contributed by atoms with Gasteiger partial charge in [-0.05, 0) is 55.6 Å². The van der Waals surface area contributed by atoms with E-state index in [9.17, 15) is 9.59 Å². The van der Waals surface area contributed by atoms with Gasteiger partial charge < -0.3 is 15.0 Å². The summed E-state index contributed by atoms with van der Waals surface area (Å²) in [5, 5.41) is 3.37. The Balaban J connectivity index is 1.46. The highest BCUT2D eigenvalue weighted by Gasteiger charge is 2.17. The van der Waals surface area contributed by atoms with Gasteiger partial charge in [0.1, 0.15) is 5.75 Å². The van der Waals surface area contributed by atoms with Crippen LogP contribution in [0.1, 0.15) is 10.4 Å². The van der Waals surface area contributed by atoms with Gasteiger partial charge >= 0.3 is 0 Å². The molecule has 3 rings (SSSR count). The number of halogens is 1. The lowest BCUT2D eigenvalue weighted by Crippen LogP contribution is -2.46. The number of ketones is 1. The minimum atomic E-state index is -0.272. The summed E-state index contributed by atoms with van der Waals surface area (Å²) < 4.78 is 5.42. The van der Waals surface area contributed by atoms with Gasteiger partial charge in [0.15, 0.2) is 12.4 Å². The molecule has 1 N–H and O–H groups in total. The van der Waals surface area contributed by atoms with E-state index in [0.29, 0.717) is 28.6 Å². The fourth-order valence-corrected chi connectivity index (χ4v) is 3.04. The van der Waals surface area contributed by atoms with Crippen molar-refractivity contribution in [2.45, 2.75) is 0 Å². The topological polar surface area (TPSA) is 61.9 Å². The van der Waals surface area contributed by atoms with Gasteiger partial charge in [0.25, 0.3) is 5.91 Å². The van der Waals surface area contributed by atoms with Crippen LogP contribution in [-0.4, -0.2) is 67.9 Å². The third-order valence-electron chi connectivity index (χ3n) is 4.64. The van der Waals surface area contributed by atoms with Crippen molar-refractivity contribution in [2.75, 3.05) is 51.7 Å². The molecule has 1 amide bonds. The third kappa shape index (κ3) is 6.05. The lowest BCUT2D eigenvalue weighted by Gasteiger charge is -2.31. The Bertz CT molecular complexity index is 801. The molecule has 28 heavy (non-hydrogen) atoms. The van der Waals surface area contributed by atoms with Crippen molar-refractivity contribution >= 4 is 29.0 Å². The van der Waals surface area contributed by atoms with Crippen LogP contribution in [0.5, 0.6) is 5.75 Å². The molecule has 148 valence electrons. The van der Waals surface area contributed by atoms with E-state index in [2.05, 4.69) is 22.2 Å². The summed E-state index contributed by atoms with van der Waals surface area (Å²) in [6.07, 6.45) is 0. The molecule has 0 aromatic heterocycles. The van der Waals surface area contributed by atoms with Crippen molar-refractivity contribution < 1.29 is 14.3 Å². The second-order valence-electron chi connectivity index (χ2n) is 6.87. The number of nitrogens with zero attached hydrogens (tertiary/aromatic N) is 2.